The Morgan fingerprint density at radius 1 is 1.29 bits per heavy atom. The van der Waals surface area contributed by atoms with Crippen LogP contribution in [0, 0.1) is 17.8 Å². The SMILES string of the molecule is CCCNc1nc(NC2=CC(F)=CCC2)ncc1C#C[C@@H]1CC[C@H](NC(=O)CN(C)C(=O)OC(C)(C)C)C1. The number of ether oxygens (including phenoxy) is 1. The lowest BCUT2D eigenvalue weighted by Crippen LogP contribution is -2.43. The average Bonchev–Trinajstić information content (AvgIpc) is 3.28. The van der Waals surface area contributed by atoms with Gasteiger partial charge in [0.1, 0.15) is 23.8 Å². The minimum atomic E-state index is -0.614. The van der Waals surface area contributed by atoms with Crippen LogP contribution in [-0.4, -0.2) is 58.6 Å². The third kappa shape index (κ3) is 9.36. The lowest BCUT2D eigenvalue weighted by atomic mass is 10.1. The van der Waals surface area contributed by atoms with Crippen LogP contribution in [0.3, 0.4) is 0 Å². The number of rotatable bonds is 8. The third-order valence-electron chi connectivity index (χ3n) is 5.96. The maximum atomic E-state index is 13.6. The molecule has 0 saturated heterocycles. The number of nitrogens with one attached hydrogen (secondary N) is 3. The average molecular weight is 527 g/mol. The normalized spacial score (nSPS) is 18.9. The Hall–Kier alpha value is -3.61. The molecule has 2 aliphatic carbocycles. The van der Waals surface area contributed by atoms with Crippen molar-refractivity contribution in [2.45, 2.75) is 77.9 Å². The van der Waals surface area contributed by atoms with Gasteiger partial charge in [0.15, 0.2) is 0 Å². The number of amides is 2. The van der Waals surface area contributed by atoms with Crippen molar-refractivity contribution >= 4 is 23.8 Å². The van der Waals surface area contributed by atoms with Gasteiger partial charge in [-0.25, -0.2) is 14.2 Å². The standard InChI is InChI=1S/C28H39FN6O3/c1-6-14-30-25-20(17-31-26(34-25)33-22-9-7-8-21(29)16-22)12-10-19-11-13-23(15-19)32-24(36)18-35(5)27(37)38-28(2,3)4/h8,16-17,19,23H,6-7,9,11,13-15,18H2,1-5H3,(H,32,36)(H2,30,31,33,34)/t19-,23+/m1/s1. The van der Waals surface area contributed by atoms with Gasteiger partial charge in [-0.3, -0.25) is 4.79 Å². The Labute approximate surface area is 224 Å². The van der Waals surface area contributed by atoms with Crippen LogP contribution in [0.1, 0.15) is 71.8 Å². The van der Waals surface area contributed by atoms with E-state index in [1.165, 1.54) is 11.0 Å². The Kier molecular flexibility index (Phi) is 10.1. The van der Waals surface area contributed by atoms with E-state index in [9.17, 15) is 14.0 Å². The molecule has 0 aromatic carbocycles. The molecule has 1 fully saturated rings. The fourth-order valence-electron chi connectivity index (χ4n) is 4.13. The fraction of sp³-hybridized carbons (Fsp3) is 0.571. The molecule has 1 aromatic heterocycles. The molecule has 10 heteroatoms. The zero-order valence-electron chi connectivity index (χ0n) is 23.0. The second kappa shape index (κ2) is 13.3. The van der Waals surface area contributed by atoms with Crippen LogP contribution in [0.25, 0.3) is 0 Å². The van der Waals surface area contributed by atoms with E-state index in [0.29, 0.717) is 30.2 Å². The van der Waals surface area contributed by atoms with Gasteiger partial charge < -0.3 is 25.6 Å². The molecular formula is C28H39FN6O3. The molecule has 2 amide bonds. The molecule has 38 heavy (non-hydrogen) atoms. The topological polar surface area (TPSA) is 108 Å². The highest BCUT2D eigenvalue weighted by Crippen LogP contribution is 2.26. The van der Waals surface area contributed by atoms with Gasteiger partial charge in [-0.05, 0) is 71.4 Å². The van der Waals surface area contributed by atoms with E-state index in [1.807, 2.05) is 0 Å². The summed E-state index contributed by atoms with van der Waals surface area (Å²) in [6, 6.07) is 0.00700. The van der Waals surface area contributed by atoms with E-state index in [1.54, 1.807) is 40.1 Å². The van der Waals surface area contributed by atoms with E-state index in [2.05, 4.69) is 44.7 Å². The van der Waals surface area contributed by atoms with E-state index in [-0.39, 0.29) is 30.2 Å². The Morgan fingerprint density at radius 3 is 2.79 bits per heavy atom. The molecule has 3 N–H and O–H groups in total. The molecule has 9 nitrogen and oxygen atoms in total. The molecule has 0 aliphatic heterocycles. The molecular weight excluding hydrogens is 487 g/mol. The summed E-state index contributed by atoms with van der Waals surface area (Å²) in [5, 5.41) is 9.41. The van der Waals surface area contributed by atoms with Crippen LogP contribution in [0.5, 0.6) is 0 Å². The highest BCUT2D eigenvalue weighted by Gasteiger charge is 2.26. The van der Waals surface area contributed by atoms with Crippen molar-refractivity contribution in [2.24, 2.45) is 5.92 Å². The van der Waals surface area contributed by atoms with E-state index in [4.69, 9.17) is 4.74 Å². The maximum Gasteiger partial charge on any atom is 0.410 e. The number of aromatic nitrogens is 2. The van der Waals surface area contributed by atoms with Gasteiger partial charge in [0.05, 0.1) is 11.8 Å². The number of allylic oxidation sites excluding steroid dienone is 4. The minimum absolute atomic E-state index is 0.00700. The summed E-state index contributed by atoms with van der Waals surface area (Å²) in [5.41, 5.74) is 0.817. The molecule has 2 atom stereocenters. The number of nitrogens with zero attached hydrogens (tertiary/aromatic N) is 3. The lowest BCUT2D eigenvalue weighted by molar-refractivity contribution is -0.122. The molecule has 0 bridgehead atoms. The zero-order valence-corrected chi connectivity index (χ0v) is 23.0. The first-order chi connectivity index (χ1) is 18.0. The van der Waals surface area contributed by atoms with E-state index in [0.717, 1.165) is 37.9 Å². The van der Waals surface area contributed by atoms with Gasteiger partial charge in [-0.2, -0.15) is 4.98 Å². The number of anilines is 2. The molecule has 1 saturated carbocycles. The zero-order chi connectivity index (χ0) is 27.7. The summed E-state index contributed by atoms with van der Waals surface area (Å²) in [5.74, 6) is 7.21. The number of likely N-dealkylation sites (N-methyl/N-ethyl adjacent to an activating group) is 1. The molecule has 0 radical (unpaired) electrons. The van der Waals surface area contributed by atoms with Crippen LogP contribution >= 0.6 is 0 Å². The molecule has 0 unspecified atom stereocenters. The first-order valence-electron chi connectivity index (χ1n) is 13.2. The first-order valence-corrected chi connectivity index (χ1v) is 13.2. The van der Waals surface area contributed by atoms with Crippen LogP contribution in [0.4, 0.5) is 21.0 Å². The predicted octanol–water partition coefficient (Wildman–Crippen LogP) is 4.74. The number of carbonyl (C=O) groups excluding carboxylic acids is 2. The monoisotopic (exact) mass is 526 g/mol. The van der Waals surface area contributed by atoms with Gasteiger partial charge in [-0.15, -0.1) is 0 Å². The number of hydrogen-bond donors (Lipinski definition) is 3. The number of hydrogen-bond acceptors (Lipinski definition) is 7. The van der Waals surface area contributed by atoms with Gasteiger partial charge in [-0.1, -0.05) is 18.8 Å². The number of halogens is 1. The summed E-state index contributed by atoms with van der Waals surface area (Å²) in [7, 11) is 1.55. The molecule has 1 aromatic rings. The summed E-state index contributed by atoms with van der Waals surface area (Å²) >= 11 is 0. The Morgan fingerprint density at radius 2 is 2.08 bits per heavy atom. The fourth-order valence-corrected chi connectivity index (χ4v) is 4.13. The lowest BCUT2D eigenvalue weighted by Gasteiger charge is -2.24. The van der Waals surface area contributed by atoms with Gasteiger partial charge in [0.25, 0.3) is 0 Å². The van der Waals surface area contributed by atoms with Crippen molar-refractivity contribution < 1.29 is 18.7 Å². The van der Waals surface area contributed by atoms with E-state index < -0.39 is 11.7 Å². The highest BCUT2D eigenvalue weighted by molar-refractivity contribution is 5.82. The van der Waals surface area contributed by atoms with E-state index >= 15 is 0 Å². The molecule has 206 valence electrons. The summed E-state index contributed by atoms with van der Waals surface area (Å²) in [4.78, 5) is 34.8. The van der Waals surface area contributed by atoms with Gasteiger partial charge >= 0.3 is 6.09 Å². The van der Waals surface area contributed by atoms with Crippen molar-refractivity contribution in [3.05, 3.63) is 35.4 Å². The second-order valence-electron chi connectivity index (χ2n) is 10.7. The molecule has 3 rings (SSSR count). The van der Waals surface area contributed by atoms with Crippen molar-refractivity contribution in [1.82, 2.24) is 20.2 Å². The minimum Gasteiger partial charge on any atom is -0.444 e. The van der Waals surface area contributed by atoms with Crippen LogP contribution in [-0.2, 0) is 9.53 Å². The Bertz CT molecular complexity index is 1130. The summed E-state index contributed by atoms with van der Waals surface area (Å²) in [6.45, 7) is 8.10. The highest BCUT2D eigenvalue weighted by atomic mass is 19.1. The smallest absolute Gasteiger partial charge is 0.410 e. The quantitative estimate of drug-likeness (QED) is 0.420. The predicted molar refractivity (Wildman–Crippen MR) is 146 cm³/mol. The second-order valence-corrected chi connectivity index (χ2v) is 10.7. The largest absolute Gasteiger partial charge is 0.444 e. The summed E-state index contributed by atoms with van der Waals surface area (Å²) in [6.07, 6.45) is 8.85. The Balaban J connectivity index is 1.57. The van der Waals surface area contributed by atoms with Crippen molar-refractivity contribution in [1.29, 1.82) is 0 Å². The van der Waals surface area contributed by atoms with Crippen LogP contribution < -0.4 is 16.0 Å². The third-order valence-corrected chi connectivity index (χ3v) is 5.96. The maximum absolute atomic E-state index is 13.6. The molecule has 1 heterocycles. The first kappa shape index (κ1) is 29.0. The molecule has 2 aliphatic rings. The van der Waals surface area contributed by atoms with Crippen LogP contribution in [0.2, 0.25) is 0 Å². The van der Waals surface area contributed by atoms with Gasteiger partial charge in [0, 0.05) is 31.2 Å². The van der Waals surface area contributed by atoms with Crippen molar-refractivity contribution in [3.8, 4) is 11.8 Å². The van der Waals surface area contributed by atoms with Crippen molar-refractivity contribution in [2.75, 3.05) is 30.8 Å². The number of carbonyl (C=O) groups is 2. The van der Waals surface area contributed by atoms with Crippen LogP contribution in [0.15, 0.2) is 29.9 Å². The summed E-state index contributed by atoms with van der Waals surface area (Å²) < 4.78 is 18.9. The molecule has 0 spiro atoms. The van der Waals surface area contributed by atoms with Crippen molar-refractivity contribution in [3.63, 3.8) is 0 Å². The van der Waals surface area contributed by atoms with Gasteiger partial charge in [0.2, 0.25) is 11.9 Å².